The number of nitrogens with one attached hydrogen (secondary N) is 1. The maximum Gasteiger partial charge on any atom is 0.530 e. The van der Waals surface area contributed by atoms with E-state index in [2.05, 4.69) is 4.98 Å². The van der Waals surface area contributed by atoms with Gasteiger partial charge in [-0.1, -0.05) is 17.7 Å². The lowest BCUT2D eigenvalue weighted by molar-refractivity contribution is -0.205. The number of rotatable bonds is 4. The van der Waals surface area contributed by atoms with E-state index in [0.717, 1.165) is 11.8 Å². The Labute approximate surface area is 191 Å². The summed E-state index contributed by atoms with van der Waals surface area (Å²) < 4.78 is 74.1. The molecule has 0 aliphatic carbocycles. The molecule has 1 unspecified atom stereocenters. The monoisotopic (exact) mass is 491 g/mol. The molecule has 4 rings (SSSR count). The lowest BCUT2D eigenvalue weighted by Crippen LogP contribution is -2.43. The first kappa shape index (κ1) is 19.5. The van der Waals surface area contributed by atoms with Crippen molar-refractivity contribution in [2.75, 3.05) is 6.56 Å². The van der Waals surface area contributed by atoms with E-state index in [1.54, 1.807) is 19.1 Å². The molecule has 0 bridgehead atoms. The fourth-order valence-corrected chi connectivity index (χ4v) is 4.74. The molecule has 3 heterocycles. The number of aryl methyl sites for hydroxylation is 3. The van der Waals surface area contributed by atoms with Crippen LogP contribution >= 0.6 is 20.0 Å². The lowest BCUT2D eigenvalue weighted by Gasteiger charge is -2.29. The minimum absolute atomic E-state index is 0.00356. The van der Waals surface area contributed by atoms with E-state index in [-0.39, 0.29) is 17.9 Å². The summed E-state index contributed by atoms with van der Waals surface area (Å²) in [5.41, 5.74) is 1.30. The Morgan fingerprint density at radius 3 is 2.88 bits per heavy atom. The number of aliphatic hydroxyl groups is 2. The molecule has 1 aromatic carbocycles. The van der Waals surface area contributed by atoms with E-state index < -0.39 is 49.0 Å². The molecule has 0 saturated carbocycles. The summed E-state index contributed by atoms with van der Waals surface area (Å²) in [5, 5.41) is 20.9. The molecular weight excluding hydrogens is 466 g/mol. The zero-order chi connectivity index (χ0) is 26.1. The van der Waals surface area contributed by atoms with Crippen molar-refractivity contribution in [3.8, 4) is 5.75 Å². The minimum Gasteiger partial charge on any atom is -0.403 e. The van der Waals surface area contributed by atoms with E-state index in [1.807, 2.05) is 6.92 Å². The maximum absolute atomic E-state index is 16.0. The number of halogens is 1. The van der Waals surface area contributed by atoms with Crippen LogP contribution in [0.2, 0.25) is 0 Å². The van der Waals surface area contributed by atoms with Crippen molar-refractivity contribution in [1.82, 2.24) is 9.55 Å². The van der Waals surface area contributed by atoms with Gasteiger partial charge < -0.3 is 19.5 Å². The molecule has 1 aromatic heterocycles. The molecule has 10 nitrogen and oxygen atoms in total. The van der Waals surface area contributed by atoms with Gasteiger partial charge in [0.1, 0.15) is 24.5 Å². The summed E-state index contributed by atoms with van der Waals surface area (Å²) in [6.45, 7) is 0.723. The predicted octanol–water partition coefficient (Wildman–Crippen LogP) is 2.48. The molecule has 1 saturated heterocycles. The quantitative estimate of drug-likeness (QED) is 0.436. The van der Waals surface area contributed by atoms with Crippen molar-refractivity contribution < 1.29 is 41.6 Å². The number of aromatic amines is 1. The Morgan fingerprint density at radius 1 is 1.44 bits per heavy atom. The molecule has 2 aliphatic heterocycles. The first-order valence-electron chi connectivity index (χ1n) is 10.9. The highest BCUT2D eigenvalue weighted by molar-refractivity contribution is 7.71. The fourth-order valence-electron chi connectivity index (χ4n) is 3.34. The maximum atomic E-state index is 16.0. The minimum atomic E-state index is -4.81. The molecule has 0 spiro atoms. The van der Waals surface area contributed by atoms with Crippen LogP contribution in [0.25, 0.3) is 0 Å². The molecule has 13 heteroatoms. The van der Waals surface area contributed by atoms with Crippen molar-refractivity contribution in [1.29, 1.82) is 0 Å². The Hall–Kier alpha value is -1.92. The molecule has 32 heavy (non-hydrogen) atoms. The van der Waals surface area contributed by atoms with Crippen molar-refractivity contribution in [2.45, 2.75) is 51.6 Å². The van der Waals surface area contributed by atoms with Crippen LogP contribution in [0.4, 0.5) is 4.39 Å². The third-order valence-electron chi connectivity index (χ3n) is 4.92. The van der Waals surface area contributed by atoms with Gasteiger partial charge in [0.25, 0.3) is 11.4 Å². The number of hydrogen-bond acceptors (Lipinski definition) is 9. The molecule has 1 fully saturated rings. The van der Waals surface area contributed by atoms with Crippen LogP contribution in [-0.2, 0) is 25.0 Å². The number of phosphoric acid groups is 1. The van der Waals surface area contributed by atoms with Crippen LogP contribution in [0.5, 0.6) is 5.75 Å². The molecule has 0 amide bonds. The van der Waals surface area contributed by atoms with Gasteiger partial charge in [-0.15, -0.1) is 0 Å². The van der Waals surface area contributed by atoms with Crippen molar-refractivity contribution in [2.24, 2.45) is 0 Å². The molecule has 3 N–H and O–H groups in total. The fraction of sp³-hybridized carbons (Fsp3) is 0.474. The predicted molar refractivity (Wildman–Crippen MR) is 111 cm³/mol. The van der Waals surface area contributed by atoms with Gasteiger partial charge in [0, 0.05) is 17.3 Å². The van der Waals surface area contributed by atoms with Gasteiger partial charge in [-0.2, -0.15) is 0 Å². The van der Waals surface area contributed by atoms with Crippen LogP contribution in [0, 0.1) is 25.5 Å². The molecular formula is C19H22FN2O8PS. The number of nitrogens with zero attached hydrogens (tertiary/aromatic N) is 1. The number of hydrogen-bond donors (Lipinski definition) is 3. The summed E-state index contributed by atoms with van der Waals surface area (Å²) in [6, 6.07) is 3.41. The summed E-state index contributed by atoms with van der Waals surface area (Å²) in [6.07, 6.45) is -7.12. The normalized spacial score (nSPS) is 36.0. The van der Waals surface area contributed by atoms with Gasteiger partial charge in [-0.25, -0.2) is 8.96 Å². The van der Waals surface area contributed by atoms with Gasteiger partial charge in [-0.05, 0) is 38.6 Å². The smallest absolute Gasteiger partial charge is 0.403 e. The second-order valence-corrected chi connectivity index (χ2v) is 9.40. The SMILES string of the molecule is [2H]C([2H])(OP1(=O)OCc2cc(C)cc(C)c2O1)[C@@]1(F)O[C@@]([2H])(n2cc(C)c(=O)[nH]c2=S)[C@H](O)[C@@H]1O. The number of phosphoric ester groups is 1. The second-order valence-electron chi connectivity index (χ2n) is 7.49. The van der Waals surface area contributed by atoms with Crippen LogP contribution in [0.15, 0.2) is 23.1 Å². The average molecular weight is 491 g/mol. The van der Waals surface area contributed by atoms with Crippen molar-refractivity contribution in [3.63, 3.8) is 0 Å². The van der Waals surface area contributed by atoms with Gasteiger partial charge in [0.2, 0.25) is 0 Å². The highest BCUT2D eigenvalue weighted by Gasteiger charge is 2.57. The van der Waals surface area contributed by atoms with Gasteiger partial charge in [0.15, 0.2) is 11.0 Å². The first-order chi connectivity index (χ1) is 16.0. The highest BCUT2D eigenvalue weighted by Crippen LogP contribution is 2.56. The Kier molecular flexibility index (Phi) is 4.97. The van der Waals surface area contributed by atoms with Crippen LogP contribution in [0.3, 0.4) is 0 Å². The van der Waals surface area contributed by atoms with Gasteiger partial charge in [0.05, 0.1) is 10.7 Å². The molecule has 0 radical (unpaired) electrons. The zero-order valence-corrected chi connectivity index (χ0v) is 18.8. The van der Waals surface area contributed by atoms with Gasteiger partial charge in [-0.3, -0.25) is 23.4 Å². The van der Waals surface area contributed by atoms with E-state index in [9.17, 15) is 19.6 Å². The Balaban J connectivity index is 1.68. The van der Waals surface area contributed by atoms with E-state index in [0.29, 0.717) is 15.7 Å². The number of alkyl halides is 1. The molecule has 2 aromatic rings. The number of ether oxygens (including phenoxy) is 1. The Morgan fingerprint density at radius 2 is 2.16 bits per heavy atom. The summed E-state index contributed by atoms with van der Waals surface area (Å²) in [7, 11) is -4.81. The average Bonchev–Trinajstić information content (AvgIpc) is 2.93. The second kappa shape index (κ2) is 8.14. The highest BCUT2D eigenvalue weighted by atomic mass is 32.1. The summed E-state index contributed by atoms with van der Waals surface area (Å²) in [4.78, 5) is 14.0. The van der Waals surface area contributed by atoms with Crippen molar-refractivity contribution in [3.05, 3.63) is 55.7 Å². The van der Waals surface area contributed by atoms with Gasteiger partial charge >= 0.3 is 7.82 Å². The zero-order valence-electron chi connectivity index (χ0n) is 20.1. The van der Waals surface area contributed by atoms with E-state index >= 15 is 4.39 Å². The number of aromatic nitrogens is 2. The summed E-state index contributed by atoms with van der Waals surface area (Å²) in [5.74, 6) is -3.86. The van der Waals surface area contributed by atoms with Crippen LogP contribution < -0.4 is 10.1 Å². The number of fused-ring (bicyclic) bond motifs is 1. The topological polar surface area (TPSA) is 132 Å². The number of benzene rings is 1. The lowest BCUT2D eigenvalue weighted by atomic mass is 10.1. The van der Waals surface area contributed by atoms with Crippen LogP contribution in [-0.4, -0.2) is 44.4 Å². The molecule has 174 valence electrons. The number of H-pyrrole nitrogens is 1. The Bertz CT molecular complexity index is 1370. The van der Waals surface area contributed by atoms with E-state index in [1.165, 1.54) is 6.92 Å². The summed E-state index contributed by atoms with van der Waals surface area (Å²) >= 11 is 4.96. The third-order valence-corrected chi connectivity index (χ3v) is 6.38. The van der Waals surface area contributed by atoms with E-state index in [4.69, 9.17) is 34.6 Å². The van der Waals surface area contributed by atoms with Crippen molar-refractivity contribution >= 4 is 20.0 Å². The molecule has 2 aliphatic rings. The third kappa shape index (κ3) is 4.08. The standard InChI is InChI=1S/C19H22FN2O8PS/c1-9-4-10(2)14-12(5-9)7-27-31(26,30-14)28-8-19(20)15(24)13(23)17(29-19)22-6-11(3)16(25)21-18(22)32/h4-6,13,15,17,23-24H,7-8H2,1-3H3,(H,21,25,32)/t13-,15+,17-,19-,31?/m1/s1/i8D2,17D. The largest absolute Gasteiger partial charge is 0.530 e. The molecule has 5 atom stereocenters. The van der Waals surface area contributed by atoms with Crippen LogP contribution in [0.1, 0.15) is 32.6 Å². The number of aliphatic hydroxyl groups excluding tert-OH is 2. The first-order valence-corrected chi connectivity index (χ1v) is 11.2.